The van der Waals surface area contributed by atoms with Crippen molar-refractivity contribution in [3.8, 4) is 0 Å². The Morgan fingerprint density at radius 2 is 1.70 bits per heavy atom. The molecule has 0 spiro atoms. The van der Waals surface area contributed by atoms with Gasteiger partial charge in [0.25, 0.3) is 0 Å². The number of rotatable bonds is 5. The lowest BCUT2D eigenvalue weighted by Crippen LogP contribution is -2.40. The largest absolute Gasteiger partial charge is 0.354 e. The first-order chi connectivity index (χ1) is 10.8. The van der Waals surface area contributed by atoms with Gasteiger partial charge in [0.05, 0.1) is 4.92 Å². The highest BCUT2D eigenvalue weighted by Gasteiger charge is 2.24. The van der Waals surface area contributed by atoms with Crippen molar-refractivity contribution in [3.05, 3.63) is 46.3 Å². The third-order valence-electron chi connectivity index (χ3n) is 2.88. The molecule has 0 saturated heterocycles. The summed E-state index contributed by atoms with van der Waals surface area (Å²) in [7, 11) is 0. The molecule has 2 aromatic rings. The molecule has 8 heteroatoms. The Morgan fingerprint density at radius 3 is 2.26 bits per heavy atom. The number of aromatic nitrogens is 2. The molecule has 0 radical (unpaired) electrons. The fourth-order valence-corrected chi connectivity index (χ4v) is 1.75. The first-order valence-corrected chi connectivity index (χ1v) is 7.12. The van der Waals surface area contributed by atoms with E-state index >= 15 is 0 Å². The van der Waals surface area contributed by atoms with Crippen LogP contribution in [0.2, 0.25) is 0 Å². The maximum atomic E-state index is 11.4. The SMILES string of the molecule is Cc1ccc(Nc2ncnc(NNC(C)(C)C)c2[N+](=O)[O-])cc1. The Hall–Kier alpha value is -2.74. The number of benzene rings is 1. The lowest BCUT2D eigenvalue weighted by molar-refractivity contribution is -0.383. The van der Waals surface area contributed by atoms with E-state index in [0.29, 0.717) is 5.69 Å². The van der Waals surface area contributed by atoms with E-state index in [9.17, 15) is 10.1 Å². The quantitative estimate of drug-likeness (QED) is 0.574. The highest BCUT2D eigenvalue weighted by Crippen LogP contribution is 2.30. The van der Waals surface area contributed by atoms with Crippen LogP contribution in [0.15, 0.2) is 30.6 Å². The third-order valence-corrected chi connectivity index (χ3v) is 2.88. The first-order valence-electron chi connectivity index (χ1n) is 7.12. The summed E-state index contributed by atoms with van der Waals surface area (Å²) in [6.07, 6.45) is 1.27. The molecule has 0 bridgehead atoms. The van der Waals surface area contributed by atoms with Crippen molar-refractivity contribution in [1.82, 2.24) is 15.4 Å². The number of nitro groups is 1. The van der Waals surface area contributed by atoms with Crippen molar-refractivity contribution in [2.75, 3.05) is 10.7 Å². The molecule has 0 unspecified atom stereocenters. The van der Waals surface area contributed by atoms with Crippen LogP contribution >= 0.6 is 0 Å². The molecule has 1 aromatic heterocycles. The van der Waals surface area contributed by atoms with Gasteiger partial charge in [0.2, 0.25) is 11.6 Å². The van der Waals surface area contributed by atoms with Crippen LogP contribution in [-0.2, 0) is 0 Å². The van der Waals surface area contributed by atoms with Crippen molar-refractivity contribution < 1.29 is 4.92 Å². The predicted octanol–water partition coefficient (Wildman–Crippen LogP) is 3.15. The second-order valence-electron chi connectivity index (χ2n) is 6.17. The van der Waals surface area contributed by atoms with Crippen LogP contribution in [0.1, 0.15) is 26.3 Å². The van der Waals surface area contributed by atoms with Crippen LogP contribution in [0.25, 0.3) is 0 Å². The van der Waals surface area contributed by atoms with Gasteiger partial charge in [0.15, 0.2) is 0 Å². The lowest BCUT2D eigenvalue weighted by Gasteiger charge is -2.21. The van der Waals surface area contributed by atoms with E-state index in [0.717, 1.165) is 5.56 Å². The minimum atomic E-state index is -0.511. The minimum Gasteiger partial charge on any atom is -0.334 e. The molecular weight excluding hydrogens is 296 g/mol. The topological polar surface area (TPSA) is 105 Å². The number of anilines is 3. The summed E-state index contributed by atoms with van der Waals surface area (Å²) in [6.45, 7) is 7.76. The summed E-state index contributed by atoms with van der Waals surface area (Å²) in [4.78, 5) is 18.9. The van der Waals surface area contributed by atoms with Gasteiger partial charge >= 0.3 is 5.69 Å². The molecule has 3 N–H and O–H groups in total. The number of nitrogens with zero attached hydrogens (tertiary/aromatic N) is 3. The maximum absolute atomic E-state index is 11.4. The Balaban J connectivity index is 2.32. The summed E-state index contributed by atoms with van der Waals surface area (Å²) in [5.41, 5.74) is 7.07. The number of hydrogen-bond donors (Lipinski definition) is 3. The lowest BCUT2D eigenvalue weighted by atomic mass is 10.1. The van der Waals surface area contributed by atoms with Crippen molar-refractivity contribution in [1.29, 1.82) is 0 Å². The fraction of sp³-hybridized carbons (Fsp3) is 0.333. The number of nitrogens with one attached hydrogen (secondary N) is 3. The number of hydrogen-bond acceptors (Lipinski definition) is 7. The third kappa shape index (κ3) is 4.62. The average Bonchev–Trinajstić information content (AvgIpc) is 2.46. The zero-order chi connectivity index (χ0) is 17.0. The van der Waals surface area contributed by atoms with Crippen LogP contribution in [0, 0.1) is 17.0 Å². The predicted molar refractivity (Wildman–Crippen MR) is 89.7 cm³/mol. The molecule has 122 valence electrons. The van der Waals surface area contributed by atoms with E-state index in [1.54, 1.807) is 0 Å². The second kappa shape index (κ2) is 6.57. The van der Waals surface area contributed by atoms with E-state index in [4.69, 9.17) is 0 Å². The van der Waals surface area contributed by atoms with Gasteiger partial charge in [-0.05, 0) is 39.8 Å². The van der Waals surface area contributed by atoms with Crippen LogP contribution in [0.5, 0.6) is 0 Å². The van der Waals surface area contributed by atoms with Gasteiger partial charge in [-0.2, -0.15) is 0 Å². The van der Waals surface area contributed by atoms with Gasteiger partial charge in [0.1, 0.15) is 6.33 Å². The van der Waals surface area contributed by atoms with Gasteiger partial charge in [0, 0.05) is 11.2 Å². The zero-order valence-electron chi connectivity index (χ0n) is 13.5. The molecular formula is C15H20N6O2. The molecule has 1 heterocycles. The van der Waals surface area contributed by atoms with E-state index in [-0.39, 0.29) is 22.9 Å². The number of aryl methyl sites for hydroxylation is 1. The molecule has 2 rings (SSSR count). The van der Waals surface area contributed by atoms with Gasteiger partial charge in [-0.15, -0.1) is 0 Å². The highest BCUT2D eigenvalue weighted by molar-refractivity contribution is 5.73. The molecule has 8 nitrogen and oxygen atoms in total. The Kier molecular flexibility index (Phi) is 4.75. The summed E-state index contributed by atoms with van der Waals surface area (Å²) in [5.74, 6) is 0.238. The molecule has 0 saturated carbocycles. The van der Waals surface area contributed by atoms with Gasteiger partial charge < -0.3 is 5.32 Å². The molecule has 0 aliphatic carbocycles. The van der Waals surface area contributed by atoms with Crippen molar-refractivity contribution >= 4 is 23.0 Å². The summed E-state index contributed by atoms with van der Waals surface area (Å²) >= 11 is 0. The second-order valence-corrected chi connectivity index (χ2v) is 6.17. The smallest absolute Gasteiger partial charge is 0.334 e. The maximum Gasteiger partial charge on any atom is 0.354 e. The summed E-state index contributed by atoms with van der Waals surface area (Å²) in [5, 5.41) is 14.4. The monoisotopic (exact) mass is 316 g/mol. The van der Waals surface area contributed by atoms with Crippen LogP contribution in [0.4, 0.5) is 23.0 Å². The van der Waals surface area contributed by atoms with Gasteiger partial charge in [-0.1, -0.05) is 17.7 Å². The average molecular weight is 316 g/mol. The van der Waals surface area contributed by atoms with E-state index in [1.165, 1.54) is 6.33 Å². The minimum absolute atomic E-state index is 0.106. The van der Waals surface area contributed by atoms with Crippen molar-refractivity contribution in [2.24, 2.45) is 0 Å². The molecule has 0 amide bonds. The van der Waals surface area contributed by atoms with Crippen LogP contribution in [0.3, 0.4) is 0 Å². The number of hydrazine groups is 1. The molecule has 0 atom stereocenters. The standard InChI is InChI=1S/C15H20N6O2/c1-10-5-7-11(8-6-10)18-13-12(21(22)23)14(17-9-16-13)19-20-15(2,3)4/h5-9,20H,1-4H3,(H2,16,17,18,19). The Bertz CT molecular complexity index is 694. The first kappa shape index (κ1) is 16.6. The Labute approximate surface area is 134 Å². The summed E-state index contributed by atoms with van der Waals surface area (Å²) < 4.78 is 0. The van der Waals surface area contributed by atoms with Crippen molar-refractivity contribution in [3.63, 3.8) is 0 Å². The molecule has 0 fully saturated rings. The van der Waals surface area contributed by atoms with Crippen LogP contribution in [-0.4, -0.2) is 20.4 Å². The van der Waals surface area contributed by atoms with Gasteiger partial charge in [-0.25, -0.2) is 15.4 Å². The molecule has 0 aliphatic heterocycles. The van der Waals surface area contributed by atoms with E-state index in [1.807, 2.05) is 52.0 Å². The fourth-order valence-electron chi connectivity index (χ4n) is 1.75. The van der Waals surface area contributed by atoms with E-state index in [2.05, 4.69) is 26.1 Å². The highest BCUT2D eigenvalue weighted by atomic mass is 16.6. The summed E-state index contributed by atoms with van der Waals surface area (Å²) in [6, 6.07) is 7.49. The molecule has 1 aromatic carbocycles. The molecule has 23 heavy (non-hydrogen) atoms. The van der Waals surface area contributed by atoms with Gasteiger partial charge in [-0.3, -0.25) is 15.5 Å². The molecule has 0 aliphatic rings. The van der Waals surface area contributed by atoms with Crippen LogP contribution < -0.4 is 16.2 Å². The van der Waals surface area contributed by atoms with Crippen molar-refractivity contribution in [2.45, 2.75) is 33.2 Å². The normalized spacial score (nSPS) is 11.1. The zero-order valence-corrected chi connectivity index (χ0v) is 13.5. The Morgan fingerprint density at radius 1 is 1.09 bits per heavy atom. The van der Waals surface area contributed by atoms with E-state index < -0.39 is 4.92 Å².